The van der Waals surface area contributed by atoms with E-state index in [0.29, 0.717) is 48.0 Å². The van der Waals surface area contributed by atoms with Crippen LogP contribution in [0.1, 0.15) is 54.8 Å². The zero-order valence-electron chi connectivity index (χ0n) is 23.7. The average Bonchev–Trinajstić information content (AvgIpc) is 3.60. The molecule has 2 aliphatic heterocycles. The van der Waals surface area contributed by atoms with Crippen LogP contribution in [0.15, 0.2) is 71.6 Å². The monoisotopic (exact) mass is 618 g/mol. The molecule has 0 bridgehead atoms. The SMILES string of the molecule is CCOC(=O)c1c(NC(=O)c2ccc(S(=O)(=O)N3CCc4ccccc4C3)cc2)sc(Cc2ccc3c(c2)OCO3)c1C. The molecule has 0 spiro atoms. The predicted molar refractivity (Wildman–Crippen MR) is 163 cm³/mol. The fourth-order valence-electron chi connectivity index (χ4n) is 5.28. The highest BCUT2D eigenvalue weighted by Gasteiger charge is 2.29. The zero-order valence-corrected chi connectivity index (χ0v) is 25.3. The van der Waals surface area contributed by atoms with Crippen molar-refractivity contribution in [2.75, 3.05) is 25.3 Å². The van der Waals surface area contributed by atoms with Crippen molar-refractivity contribution in [3.63, 3.8) is 0 Å². The molecule has 1 amide bonds. The lowest BCUT2D eigenvalue weighted by molar-refractivity contribution is 0.0527. The summed E-state index contributed by atoms with van der Waals surface area (Å²) in [6.45, 7) is 4.63. The lowest BCUT2D eigenvalue weighted by atomic mass is 10.0. The largest absolute Gasteiger partial charge is 0.462 e. The maximum Gasteiger partial charge on any atom is 0.341 e. The third kappa shape index (κ3) is 5.75. The van der Waals surface area contributed by atoms with E-state index in [9.17, 15) is 18.0 Å². The molecule has 1 N–H and O–H groups in total. The predicted octanol–water partition coefficient (Wildman–Crippen LogP) is 5.55. The van der Waals surface area contributed by atoms with Crippen LogP contribution in [0.25, 0.3) is 0 Å². The zero-order chi connectivity index (χ0) is 30.1. The Hall–Kier alpha value is -4.19. The normalized spacial score (nSPS) is 14.3. The standard InChI is InChI=1S/C32H30N2O7S2/c1-3-39-32(36)29-20(2)28(17-21-8-13-26-27(16-21)41-19-40-26)42-31(29)33-30(35)23-9-11-25(12-10-23)43(37,38)34-15-14-22-6-4-5-7-24(22)18-34/h4-13,16H,3,14-15,17-19H2,1-2H3,(H,33,35). The van der Waals surface area contributed by atoms with E-state index < -0.39 is 21.9 Å². The number of esters is 1. The minimum Gasteiger partial charge on any atom is -0.462 e. The van der Waals surface area contributed by atoms with Crippen molar-refractivity contribution in [3.05, 3.63) is 105 Å². The Balaban J connectivity index is 1.21. The molecule has 222 valence electrons. The topological polar surface area (TPSA) is 111 Å². The van der Waals surface area contributed by atoms with Crippen LogP contribution in [-0.4, -0.2) is 44.5 Å². The van der Waals surface area contributed by atoms with Crippen LogP contribution in [0.5, 0.6) is 11.5 Å². The van der Waals surface area contributed by atoms with Gasteiger partial charge in [0.25, 0.3) is 5.91 Å². The van der Waals surface area contributed by atoms with Gasteiger partial charge in [-0.2, -0.15) is 4.31 Å². The van der Waals surface area contributed by atoms with E-state index in [0.717, 1.165) is 27.1 Å². The second kappa shape index (κ2) is 11.8. The van der Waals surface area contributed by atoms with Crippen molar-refractivity contribution in [1.82, 2.24) is 4.31 Å². The number of fused-ring (bicyclic) bond motifs is 2. The van der Waals surface area contributed by atoms with Gasteiger partial charge in [-0.25, -0.2) is 13.2 Å². The highest BCUT2D eigenvalue weighted by Crippen LogP contribution is 2.38. The van der Waals surface area contributed by atoms with Crippen LogP contribution >= 0.6 is 11.3 Å². The van der Waals surface area contributed by atoms with Crippen molar-refractivity contribution < 1.29 is 32.2 Å². The van der Waals surface area contributed by atoms with Gasteiger partial charge in [-0.15, -0.1) is 11.3 Å². The molecule has 1 aromatic heterocycles. The molecule has 0 unspecified atom stereocenters. The summed E-state index contributed by atoms with van der Waals surface area (Å²) in [5.74, 6) is 0.374. The van der Waals surface area contributed by atoms with Crippen LogP contribution in [-0.2, 0) is 34.1 Å². The number of thiophene rings is 1. The van der Waals surface area contributed by atoms with Crippen molar-refractivity contribution in [1.29, 1.82) is 0 Å². The Kier molecular flexibility index (Phi) is 7.95. The first-order chi connectivity index (χ1) is 20.7. The number of ether oxygens (including phenoxy) is 3. The molecule has 6 rings (SSSR count). The molecule has 0 radical (unpaired) electrons. The maximum absolute atomic E-state index is 13.4. The van der Waals surface area contributed by atoms with E-state index in [4.69, 9.17) is 14.2 Å². The molecule has 2 aliphatic rings. The molecule has 43 heavy (non-hydrogen) atoms. The highest BCUT2D eigenvalue weighted by atomic mass is 32.2. The summed E-state index contributed by atoms with van der Waals surface area (Å²) in [7, 11) is -3.74. The number of nitrogens with one attached hydrogen (secondary N) is 1. The number of nitrogens with zero attached hydrogens (tertiary/aromatic N) is 1. The average molecular weight is 619 g/mol. The summed E-state index contributed by atoms with van der Waals surface area (Å²) in [6, 6.07) is 19.4. The number of hydrogen-bond donors (Lipinski definition) is 1. The Morgan fingerprint density at radius 1 is 1.00 bits per heavy atom. The maximum atomic E-state index is 13.4. The van der Waals surface area contributed by atoms with Crippen molar-refractivity contribution >= 4 is 38.2 Å². The second-order valence-electron chi connectivity index (χ2n) is 10.3. The first-order valence-corrected chi connectivity index (χ1v) is 16.2. The molecule has 11 heteroatoms. The molecule has 4 aromatic rings. The molecule has 3 aromatic carbocycles. The fraction of sp³-hybridized carbons (Fsp3) is 0.250. The summed E-state index contributed by atoms with van der Waals surface area (Å²) >= 11 is 1.30. The molecular formula is C32H30N2O7S2. The third-order valence-electron chi connectivity index (χ3n) is 7.60. The fourth-order valence-corrected chi connectivity index (χ4v) is 7.92. The van der Waals surface area contributed by atoms with Crippen LogP contribution < -0.4 is 14.8 Å². The van der Waals surface area contributed by atoms with Crippen LogP contribution in [0, 0.1) is 6.92 Å². The molecular weight excluding hydrogens is 588 g/mol. The molecule has 3 heterocycles. The van der Waals surface area contributed by atoms with Gasteiger partial charge in [0.1, 0.15) is 5.00 Å². The molecule has 0 saturated heterocycles. The Morgan fingerprint density at radius 3 is 2.51 bits per heavy atom. The Morgan fingerprint density at radius 2 is 1.74 bits per heavy atom. The molecule has 0 saturated carbocycles. The van der Waals surface area contributed by atoms with Gasteiger partial charge in [0.15, 0.2) is 11.5 Å². The van der Waals surface area contributed by atoms with E-state index in [1.54, 1.807) is 6.92 Å². The number of amides is 1. The Labute approximate surface area is 254 Å². The van der Waals surface area contributed by atoms with Gasteiger partial charge >= 0.3 is 5.97 Å². The van der Waals surface area contributed by atoms with Gasteiger partial charge in [0, 0.05) is 30.0 Å². The van der Waals surface area contributed by atoms with E-state index in [2.05, 4.69) is 5.32 Å². The number of benzene rings is 3. The minimum absolute atomic E-state index is 0.119. The quantitative estimate of drug-likeness (QED) is 0.258. The lowest BCUT2D eigenvalue weighted by Crippen LogP contribution is -2.35. The first kappa shape index (κ1) is 28.9. The van der Waals surface area contributed by atoms with E-state index in [-0.39, 0.29) is 23.9 Å². The number of carbonyl (C=O) groups excluding carboxylic acids is 2. The highest BCUT2D eigenvalue weighted by molar-refractivity contribution is 7.89. The van der Waals surface area contributed by atoms with Gasteiger partial charge in [-0.3, -0.25) is 4.79 Å². The van der Waals surface area contributed by atoms with Gasteiger partial charge in [-0.1, -0.05) is 30.3 Å². The summed E-state index contributed by atoms with van der Waals surface area (Å²) in [5.41, 5.74) is 4.42. The van der Waals surface area contributed by atoms with Gasteiger partial charge in [0.05, 0.1) is 17.1 Å². The van der Waals surface area contributed by atoms with Crippen molar-refractivity contribution in [2.45, 2.75) is 38.1 Å². The molecule has 0 atom stereocenters. The number of carbonyl (C=O) groups is 2. The smallest absolute Gasteiger partial charge is 0.341 e. The number of rotatable bonds is 8. The van der Waals surface area contributed by atoms with E-state index >= 15 is 0 Å². The minimum atomic E-state index is -3.74. The summed E-state index contributed by atoms with van der Waals surface area (Å²) in [4.78, 5) is 27.2. The summed E-state index contributed by atoms with van der Waals surface area (Å²) < 4.78 is 44.4. The van der Waals surface area contributed by atoms with Crippen molar-refractivity contribution in [2.24, 2.45) is 0 Å². The second-order valence-corrected chi connectivity index (χ2v) is 13.3. The molecule has 0 fully saturated rings. The molecule has 9 nitrogen and oxygen atoms in total. The number of hydrogen-bond acceptors (Lipinski definition) is 8. The number of sulfonamides is 1. The van der Waals surface area contributed by atoms with Crippen LogP contribution in [0.4, 0.5) is 5.00 Å². The lowest BCUT2D eigenvalue weighted by Gasteiger charge is -2.28. The van der Waals surface area contributed by atoms with E-state index in [1.165, 1.54) is 39.9 Å². The first-order valence-electron chi connectivity index (χ1n) is 13.9. The number of anilines is 1. The van der Waals surface area contributed by atoms with Crippen molar-refractivity contribution in [3.8, 4) is 11.5 Å². The van der Waals surface area contributed by atoms with Gasteiger partial charge in [-0.05, 0) is 78.9 Å². The van der Waals surface area contributed by atoms with Crippen LogP contribution in [0.2, 0.25) is 0 Å². The summed E-state index contributed by atoms with van der Waals surface area (Å²) in [6.07, 6.45) is 1.17. The van der Waals surface area contributed by atoms with E-state index in [1.807, 2.05) is 49.4 Å². The third-order valence-corrected chi connectivity index (χ3v) is 10.7. The van der Waals surface area contributed by atoms with Crippen LogP contribution in [0.3, 0.4) is 0 Å². The van der Waals surface area contributed by atoms with Gasteiger partial charge in [0.2, 0.25) is 16.8 Å². The van der Waals surface area contributed by atoms with Gasteiger partial charge < -0.3 is 19.5 Å². The Bertz CT molecular complexity index is 1810. The molecule has 0 aliphatic carbocycles. The summed E-state index contributed by atoms with van der Waals surface area (Å²) in [5, 5.41) is 3.24.